The Morgan fingerprint density at radius 1 is 0.550 bits per heavy atom. The van der Waals surface area contributed by atoms with Crippen LogP contribution in [0.4, 0.5) is 0 Å². The van der Waals surface area contributed by atoms with E-state index in [1.807, 2.05) is 171 Å². The summed E-state index contributed by atoms with van der Waals surface area (Å²) in [5.74, 6) is -1.75. The third-order valence-electron chi connectivity index (χ3n) is 10.8. The zero-order valence-electron chi connectivity index (χ0n) is 33.8. The molecule has 5 atom stereocenters. The van der Waals surface area contributed by atoms with E-state index in [1.165, 1.54) is 0 Å². The minimum atomic E-state index is -2.17. The zero-order chi connectivity index (χ0) is 41.0. The maximum Gasteiger partial charge on any atom is 0.226 e. The molecule has 2 heterocycles. The molecule has 1 unspecified atom stereocenters. The number of hydrogen-bond acceptors (Lipinski definition) is 9. The van der Waals surface area contributed by atoms with Gasteiger partial charge in [-0.1, -0.05) is 152 Å². The van der Waals surface area contributed by atoms with Crippen LogP contribution < -0.4 is 4.74 Å². The van der Waals surface area contributed by atoms with E-state index in [0.717, 1.165) is 38.9 Å². The first-order valence-corrected chi connectivity index (χ1v) is 20.6. The molecule has 0 spiro atoms. The Labute approximate surface area is 352 Å². The summed E-state index contributed by atoms with van der Waals surface area (Å²) in [6.45, 7) is 4.15. The highest BCUT2D eigenvalue weighted by molar-refractivity contribution is 5.46. The van der Waals surface area contributed by atoms with Gasteiger partial charge in [-0.25, -0.2) is 0 Å². The predicted octanol–water partition coefficient (Wildman–Crippen LogP) is 9.14. The molecule has 1 N–H and O–H groups in total. The van der Waals surface area contributed by atoms with Gasteiger partial charge < -0.3 is 43.0 Å². The fourth-order valence-corrected chi connectivity index (χ4v) is 7.69. The fraction of sp³-hybridized carbons (Fsp3) is 0.294. The van der Waals surface area contributed by atoms with E-state index < -0.39 is 36.5 Å². The third-order valence-corrected chi connectivity index (χ3v) is 10.8. The van der Waals surface area contributed by atoms with Gasteiger partial charge in [0.25, 0.3) is 0 Å². The molecule has 8 rings (SSSR count). The number of aryl methyl sites for hydroxylation is 1. The van der Waals surface area contributed by atoms with Crippen molar-refractivity contribution in [3.8, 4) is 5.75 Å². The van der Waals surface area contributed by atoms with Gasteiger partial charge in [0.1, 0.15) is 36.8 Å². The summed E-state index contributed by atoms with van der Waals surface area (Å²) in [5, 5.41) is 13.7. The Kier molecular flexibility index (Phi) is 14.1. The molecule has 6 aromatic rings. The largest absolute Gasteiger partial charge is 0.488 e. The molecule has 6 aromatic carbocycles. The second kappa shape index (κ2) is 20.4. The molecule has 9 nitrogen and oxygen atoms in total. The molecule has 60 heavy (non-hydrogen) atoms. The van der Waals surface area contributed by atoms with E-state index in [9.17, 15) is 5.11 Å². The second-order valence-electron chi connectivity index (χ2n) is 15.1. The standard InChI is InChI=1S/C51H52O9/c1-37-29-45(56-32-39-19-9-3-10-20-39)44(30-43(37)50-54-27-28-55-50)51(52)49(59-35-42-25-15-6-16-26-42)48(58-34-41-23-13-5-14-24-41)47(57-33-40-21-11-4-12-22-40)46(60-51)36-53-31-38-17-7-2-8-18-38/h2-26,29-30,46-50,52H,27-28,31-36H2,1H3/t46-,47-,48+,49-,51?/m1/s1. The highest BCUT2D eigenvalue weighted by Crippen LogP contribution is 2.46. The molecule has 9 heteroatoms. The van der Waals surface area contributed by atoms with Crippen LogP contribution in [0.1, 0.15) is 50.8 Å². The smallest absolute Gasteiger partial charge is 0.226 e. The average Bonchev–Trinajstić information content (AvgIpc) is 3.84. The van der Waals surface area contributed by atoms with Crippen molar-refractivity contribution < 1.29 is 43.0 Å². The molecule has 0 aromatic heterocycles. The fourth-order valence-electron chi connectivity index (χ4n) is 7.69. The van der Waals surface area contributed by atoms with E-state index in [0.29, 0.717) is 31.1 Å². The minimum Gasteiger partial charge on any atom is -0.488 e. The van der Waals surface area contributed by atoms with Crippen LogP contribution >= 0.6 is 0 Å². The van der Waals surface area contributed by atoms with Gasteiger partial charge in [0.15, 0.2) is 6.29 Å². The number of rotatable bonds is 18. The monoisotopic (exact) mass is 808 g/mol. The van der Waals surface area contributed by atoms with Crippen molar-refractivity contribution in [3.05, 3.63) is 208 Å². The highest BCUT2D eigenvalue weighted by Gasteiger charge is 2.58. The molecule has 2 aliphatic heterocycles. The van der Waals surface area contributed by atoms with E-state index in [4.69, 9.17) is 37.9 Å². The predicted molar refractivity (Wildman–Crippen MR) is 227 cm³/mol. The van der Waals surface area contributed by atoms with Crippen molar-refractivity contribution in [2.45, 2.75) is 76.5 Å². The number of aliphatic hydroxyl groups is 1. The first-order chi connectivity index (χ1) is 29.5. The molecule has 0 saturated carbocycles. The lowest BCUT2D eigenvalue weighted by atomic mass is 9.85. The summed E-state index contributed by atoms with van der Waals surface area (Å²) >= 11 is 0. The first-order valence-electron chi connectivity index (χ1n) is 20.6. The van der Waals surface area contributed by atoms with Crippen molar-refractivity contribution >= 4 is 0 Å². The van der Waals surface area contributed by atoms with Crippen LogP contribution in [-0.2, 0) is 72.0 Å². The minimum absolute atomic E-state index is 0.0705. The molecule has 310 valence electrons. The van der Waals surface area contributed by atoms with Crippen LogP contribution in [0.3, 0.4) is 0 Å². The van der Waals surface area contributed by atoms with Gasteiger partial charge >= 0.3 is 0 Å². The van der Waals surface area contributed by atoms with E-state index in [2.05, 4.69) is 0 Å². The quantitative estimate of drug-likeness (QED) is 0.0913. The molecule has 2 saturated heterocycles. The molecule has 0 aliphatic carbocycles. The zero-order valence-corrected chi connectivity index (χ0v) is 33.8. The molecular formula is C51H52O9. The maximum absolute atomic E-state index is 13.7. The summed E-state index contributed by atoms with van der Waals surface area (Å²) in [6.07, 6.45) is -4.27. The topological polar surface area (TPSA) is 94.1 Å². The van der Waals surface area contributed by atoms with Crippen LogP contribution in [-0.4, -0.2) is 49.3 Å². The van der Waals surface area contributed by atoms with Gasteiger partial charge in [0.2, 0.25) is 5.79 Å². The lowest BCUT2D eigenvalue weighted by Gasteiger charge is -2.50. The van der Waals surface area contributed by atoms with Crippen molar-refractivity contribution in [3.63, 3.8) is 0 Å². The highest BCUT2D eigenvalue weighted by atomic mass is 16.7. The molecule has 0 radical (unpaired) electrons. The number of hydrogen-bond donors (Lipinski definition) is 1. The lowest BCUT2D eigenvalue weighted by Crippen LogP contribution is -2.65. The Bertz CT molecular complexity index is 2180. The van der Waals surface area contributed by atoms with Gasteiger partial charge in [-0.05, 0) is 52.4 Å². The van der Waals surface area contributed by atoms with E-state index >= 15 is 0 Å². The normalized spacial score (nSPS) is 21.8. The Balaban J connectivity index is 1.25. The average molecular weight is 809 g/mol. The van der Waals surface area contributed by atoms with Crippen molar-refractivity contribution in [2.24, 2.45) is 0 Å². The number of ether oxygens (including phenoxy) is 8. The Hall–Kier alpha value is -5.20. The van der Waals surface area contributed by atoms with Crippen LogP contribution in [0.15, 0.2) is 164 Å². The summed E-state index contributed by atoms with van der Waals surface area (Å²) < 4.78 is 53.0. The van der Waals surface area contributed by atoms with Gasteiger partial charge in [0, 0.05) is 5.56 Å². The first kappa shape index (κ1) is 41.5. The maximum atomic E-state index is 13.7. The van der Waals surface area contributed by atoms with Gasteiger partial charge in [-0.15, -0.1) is 0 Å². The van der Waals surface area contributed by atoms with Crippen LogP contribution in [0, 0.1) is 6.92 Å². The van der Waals surface area contributed by atoms with E-state index in [1.54, 1.807) is 0 Å². The van der Waals surface area contributed by atoms with Crippen LogP contribution in [0.2, 0.25) is 0 Å². The van der Waals surface area contributed by atoms with Gasteiger partial charge in [-0.2, -0.15) is 0 Å². The summed E-state index contributed by atoms with van der Waals surface area (Å²) in [4.78, 5) is 0. The number of benzene rings is 6. The molecule has 0 bridgehead atoms. The molecule has 0 amide bonds. The molecule has 2 fully saturated rings. The molecular weight excluding hydrogens is 757 g/mol. The van der Waals surface area contributed by atoms with Crippen LogP contribution in [0.25, 0.3) is 0 Å². The Morgan fingerprint density at radius 3 is 1.52 bits per heavy atom. The summed E-state index contributed by atoms with van der Waals surface area (Å²) in [6, 6.07) is 53.4. The van der Waals surface area contributed by atoms with Gasteiger partial charge in [-0.3, -0.25) is 0 Å². The van der Waals surface area contributed by atoms with Crippen molar-refractivity contribution in [1.82, 2.24) is 0 Å². The van der Waals surface area contributed by atoms with E-state index in [-0.39, 0.29) is 33.0 Å². The van der Waals surface area contributed by atoms with Crippen molar-refractivity contribution in [1.29, 1.82) is 0 Å². The summed E-state index contributed by atoms with van der Waals surface area (Å²) in [7, 11) is 0. The molecule has 2 aliphatic rings. The second-order valence-corrected chi connectivity index (χ2v) is 15.1. The van der Waals surface area contributed by atoms with Crippen LogP contribution in [0.5, 0.6) is 5.75 Å². The SMILES string of the molecule is Cc1cc(OCc2ccccc2)c(C2(O)O[C@H](COCc3ccccc3)[C@@H](OCc3ccccc3)[C@H](OCc3ccccc3)[C@H]2OCc2ccccc2)cc1C1OCCO1. The Morgan fingerprint density at radius 2 is 1.00 bits per heavy atom. The van der Waals surface area contributed by atoms with Crippen molar-refractivity contribution in [2.75, 3.05) is 19.8 Å². The summed E-state index contributed by atoms with van der Waals surface area (Å²) in [5.41, 5.74) is 6.77. The lowest BCUT2D eigenvalue weighted by molar-refractivity contribution is -0.379. The van der Waals surface area contributed by atoms with Gasteiger partial charge in [0.05, 0.1) is 51.8 Å². The third kappa shape index (κ3) is 10.4.